The molecule has 6 heteroatoms. The highest BCUT2D eigenvalue weighted by Crippen LogP contribution is 2.30. The predicted molar refractivity (Wildman–Crippen MR) is 109 cm³/mol. The Bertz CT molecular complexity index is 808. The van der Waals surface area contributed by atoms with Gasteiger partial charge in [0, 0.05) is 24.4 Å². The molecule has 0 aliphatic carbocycles. The number of benzene rings is 2. The maximum absolute atomic E-state index is 12.2. The molecule has 0 bridgehead atoms. The Hall–Kier alpha value is -1.98. The van der Waals surface area contributed by atoms with Crippen LogP contribution in [-0.4, -0.2) is 24.1 Å². The van der Waals surface area contributed by atoms with E-state index in [4.69, 9.17) is 11.6 Å². The van der Waals surface area contributed by atoms with Crippen LogP contribution in [-0.2, 0) is 15.3 Å². The molecule has 3 rings (SSSR count). The average Bonchev–Trinajstić information content (AvgIpc) is 3.05. The van der Waals surface area contributed by atoms with Crippen LogP contribution < -0.4 is 10.2 Å². The predicted octanol–water partition coefficient (Wildman–Crippen LogP) is 4.65. The summed E-state index contributed by atoms with van der Waals surface area (Å²) >= 11 is 7.76. The number of nitrogens with one attached hydrogen (secondary N) is 1. The molecule has 26 heavy (non-hydrogen) atoms. The van der Waals surface area contributed by atoms with E-state index in [-0.39, 0.29) is 11.8 Å². The third-order valence-electron chi connectivity index (χ3n) is 4.23. The van der Waals surface area contributed by atoms with Gasteiger partial charge in [0.05, 0.1) is 16.5 Å². The second-order valence-corrected chi connectivity index (χ2v) is 7.73. The summed E-state index contributed by atoms with van der Waals surface area (Å²) < 4.78 is 0. The van der Waals surface area contributed by atoms with Crippen LogP contribution in [0.15, 0.2) is 42.5 Å². The molecular formula is C20H21ClN2O2S. The van der Waals surface area contributed by atoms with Gasteiger partial charge >= 0.3 is 0 Å². The van der Waals surface area contributed by atoms with Crippen molar-refractivity contribution in [3.05, 3.63) is 58.6 Å². The quantitative estimate of drug-likeness (QED) is 0.783. The van der Waals surface area contributed by atoms with Gasteiger partial charge in [0.15, 0.2) is 0 Å². The van der Waals surface area contributed by atoms with E-state index in [2.05, 4.69) is 36.5 Å². The lowest BCUT2D eigenvalue weighted by Crippen LogP contribution is -2.24. The van der Waals surface area contributed by atoms with Crippen molar-refractivity contribution in [3.8, 4) is 0 Å². The maximum atomic E-state index is 12.2. The van der Waals surface area contributed by atoms with Crippen LogP contribution >= 0.6 is 23.4 Å². The molecule has 136 valence electrons. The molecule has 0 unspecified atom stereocenters. The number of hydrogen-bond acceptors (Lipinski definition) is 3. The normalized spacial score (nSPS) is 13.9. The first-order chi connectivity index (χ1) is 12.5. The number of halogens is 1. The number of amides is 2. The molecule has 0 spiro atoms. The molecule has 0 radical (unpaired) electrons. The Balaban J connectivity index is 1.56. The molecule has 1 N–H and O–H groups in total. The van der Waals surface area contributed by atoms with Crippen LogP contribution in [0.25, 0.3) is 0 Å². The third-order valence-corrected chi connectivity index (χ3v) is 5.56. The van der Waals surface area contributed by atoms with Crippen molar-refractivity contribution in [2.75, 3.05) is 22.5 Å². The summed E-state index contributed by atoms with van der Waals surface area (Å²) in [5.41, 5.74) is 3.74. The highest BCUT2D eigenvalue weighted by Gasteiger charge is 2.22. The first kappa shape index (κ1) is 18.8. The number of anilines is 2. The van der Waals surface area contributed by atoms with Crippen molar-refractivity contribution in [1.29, 1.82) is 0 Å². The van der Waals surface area contributed by atoms with Crippen LogP contribution in [0.5, 0.6) is 0 Å². The van der Waals surface area contributed by atoms with Gasteiger partial charge in [0.1, 0.15) is 0 Å². The number of carbonyl (C=O) groups is 2. The summed E-state index contributed by atoms with van der Waals surface area (Å²) in [6.07, 6.45) is 1.43. The summed E-state index contributed by atoms with van der Waals surface area (Å²) in [7, 11) is 0. The third kappa shape index (κ3) is 4.80. The van der Waals surface area contributed by atoms with Gasteiger partial charge in [-0.05, 0) is 37.1 Å². The molecule has 1 aliphatic heterocycles. The summed E-state index contributed by atoms with van der Waals surface area (Å²) in [6.45, 7) is 2.76. The second-order valence-electron chi connectivity index (χ2n) is 6.34. The number of hydrogen-bond donors (Lipinski definition) is 1. The average molecular weight is 389 g/mol. The number of carbonyl (C=O) groups excluding carboxylic acids is 2. The van der Waals surface area contributed by atoms with E-state index < -0.39 is 0 Å². The minimum Gasteiger partial charge on any atom is -0.324 e. The molecule has 0 aromatic heterocycles. The Morgan fingerprint density at radius 1 is 1.23 bits per heavy atom. The molecule has 1 saturated heterocycles. The minimum atomic E-state index is -0.103. The fraction of sp³-hybridized carbons (Fsp3) is 0.300. The maximum Gasteiger partial charge on any atom is 0.234 e. The van der Waals surface area contributed by atoms with Crippen LogP contribution in [0.4, 0.5) is 11.4 Å². The Kier molecular flexibility index (Phi) is 6.22. The van der Waals surface area contributed by atoms with Crippen molar-refractivity contribution in [2.45, 2.75) is 25.5 Å². The standard InChI is InChI=1S/C20H21ClN2O2S/c1-14-4-6-15(7-5-14)12-26-13-19(24)22-18-11-16(8-9-17(18)21)23-10-2-3-20(23)25/h4-9,11H,2-3,10,12-13H2,1H3,(H,22,24). The zero-order valence-electron chi connectivity index (χ0n) is 14.6. The number of aryl methyl sites for hydroxylation is 1. The minimum absolute atomic E-state index is 0.103. The molecular weight excluding hydrogens is 368 g/mol. The Labute approximate surface area is 162 Å². The summed E-state index contributed by atoms with van der Waals surface area (Å²) in [5.74, 6) is 1.13. The lowest BCUT2D eigenvalue weighted by Gasteiger charge is -2.17. The first-order valence-electron chi connectivity index (χ1n) is 8.56. The van der Waals surface area contributed by atoms with Crippen molar-refractivity contribution in [2.24, 2.45) is 0 Å². The molecule has 0 saturated carbocycles. The molecule has 1 aliphatic rings. The molecule has 0 atom stereocenters. The van der Waals surface area contributed by atoms with Gasteiger partial charge in [0.25, 0.3) is 0 Å². The fourth-order valence-electron chi connectivity index (χ4n) is 2.83. The topological polar surface area (TPSA) is 49.4 Å². The number of nitrogens with zero attached hydrogens (tertiary/aromatic N) is 1. The van der Waals surface area contributed by atoms with Crippen LogP contribution in [0.3, 0.4) is 0 Å². The fourth-order valence-corrected chi connectivity index (χ4v) is 3.78. The first-order valence-corrected chi connectivity index (χ1v) is 10.1. The highest BCUT2D eigenvalue weighted by molar-refractivity contribution is 7.99. The number of rotatable bonds is 6. The van der Waals surface area contributed by atoms with Crippen molar-refractivity contribution >= 4 is 46.6 Å². The van der Waals surface area contributed by atoms with E-state index in [0.717, 1.165) is 17.9 Å². The monoisotopic (exact) mass is 388 g/mol. The van der Waals surface area contributed by atoms with Crippen LogP contribution in [0.1, 0.15) is 24.0 Å². The van der Waals surface area contributed by atoms with E-state index in [1.807, 2.05) is 6.07 Å². The number of thioether (sulfide) groups is 1. The van der Waals surface area contributed by atoms with Gasteiger partial charge in [-0.3, -0.25) is 9.59 Å². The smallest absolute Gasteiger partial charge is 0.234 e. The molecule has 4 nitrogen and oxygen atoms in total. The van der Waals surface area contributed by atoms with Gasteiger partial charge in [0.2, 0.25) is 11.8 Å². The molecule has 1 fully saturated rings. The van der Waals surface area contributed by atoms with Gasteiger partial charge in [-0.25, -0.2) is 0 Å². The Morgan fingerprint density at radius 2 is 2.00 bits per heavy atom. The Morgan fingerprint density at radius 3 is 2.69 bits per heavy atom. The highest BCUT2D eigenvalue weighted by atomic mass is 35.5. The van der Waals surface area contributed by atoms with Crippen molar-refractivity contribution in [1.82, 2.24) is 0 Å². The van der Waals surface area contributed by atoms with Gasteiger partial charge < -0.3 is 10.2 Å². The van der Waals surface area contributed by atoms with E-state index in [0.29, 0.717) is 29.4 Å². The zero-order chi connectivity index (χ0) is 18.5. The lowest BCUT2D eigenvalue weighted by molar-refractivity contribution is -0.117. The van der Waals surface area contributed by atoms with E-state index in [1.165, 1.54) is 11.1 Å². The van der Waals surface area contributed by atoms with Gasteiger partial charge in [-0.15, -0.1) is 11.8 Å². The SMILES string of the molecule is Cc1ccc(CSCC(=O)Nc2cc(N3CCCC3=O)ccc2Cl)cc1. The van der Waals surface area contributed by atoms with Crippen LogP contribution in [0.2, 0.25) is 5.02 Å². The lowest BCUT2D eigenvalue weighted by atomic mass is 10.2. The molecule has 1 heterocycles. The molecule has 2 amide bonds. The van der Waals surface area contributed by atoms with Gasteiger partial charge in [-0.1, -0.05) is 41.4 Å². The zero-order valence-corrected chi connectivity index (χ0v) is 16.2. The van der Waals surface area contributed by atoms with E-state index in [1.54, 1.807) is 28.8 Å². The van der Waals surface area contributed by atoms with E-state index in [9.17, 15) is 9.59 Å². The summed E-state index contributed by atoms with van der Waals surface area (Å²) in [4.78, 5) is 25.9. The summed E-state index contributed by atoms with van der Waals surface area (Å²) in [5, 5.41) is 3.32. The largest absolute Gasteiger partial charge is 0.324 e. The summed E-state index contributed by atoms with van der Waals surface area (Å²) in [6, 6.07) is 13.6. The second kappa shape index (κ2) is 8.60. The molecule has 2 aromatic carbocycles. The van der Waals surface area contributed by atoms with Crippen molar-refractivity contribution < 1.29 is 9.59 Å². The van der Waals surface area contributed by atoms with Crippen LogP contribution in [0, 0.1) is 6.92 Å². The van der Waals surface area contributed by atoms with Gasteiger partial charge in [-0.2, -0.15) is 0 Å². The van der Waals surface area contributed by atoms with Crippen molar-refractivity contribution in [3.63, 3.8) is 0 Å². The van der Waals surface area contributed by atoms with E-state index >= 15 is 0 Å². The molecule has 2 aromatic rings.